The molecule has 2 rings (SSSR count). The number of nitriles is 1. The number of carbonyl (C=O) groups is 1. The van der Waals surface area contributed by atoms with Crippen molar-refractivity contribution < 1.29 is 14.3 Å². The van der Waals surface area contributed by atoms with Crippen LogP contribution < -0.4 is 4.74 Å². The Morgan fingerprint density at radius 2 is 2.24 bits per heavy atom. The molecule has 4 heteroatoms. The Hall–Kier alpha value is -1.86. The summed E-state index contributed by atoms with van der Waals surface area (Å²) < 4.78 is 10.2. The van der Waals surface area contributed by atoms with Crippen LogP contribution in [0.2, 0.25) is 0 Å². The van der Waals surface area contributed by atoms with E-state index < -0.39 is 5.41 Å². The predicted molar refractivity (Wildman–Crippen MR) is 60.9 cm³/mol. The summed E-state index contributed by atoms with van der Waals surface area (Å²) in [5.74, 6) is 0.286. The van der Waals surface area contributed by atoms with Crippen LogP contribution >= 0.6 is 0 Å². The molecule has 0 bridgehead atoms. The van der Waals surface area contributed by atoms with Crippen molar-refractivity contribution in [1.29, 1.82) is 5.26 Å². The van der Waals surface area contributed by atoms with Gasteiger partial charge in [-0.05, 0) is 19.1 Å². The van der Waals surface area contributed by atoms with Crippen LogP contribution in [0.5, 0.6) is 5.75 Å². The molecular formula is C13H13NO3. The molecule has 1 aromatic rings. The standard InChI is InChI=1S/C13H13NO3/c1-9-3-4-11(16-2)10(5-9)12(15)13(6-14)7-17-8-13/h3-5H,7-8H2,1-2H3. The Morgan fingerprint density at radius 1 is 1.53 bits per heavy atom. The molecule has 17 heavy (non-hydrogen) atoms. The molecule has 0 aromatic heterocycles. The largest absolute Gasteiger partial charge is 0.496 e. The summed E-state index contributed by atoms with van der Waals surface area (Å²) in [5, 5.41) is 9.11. The molecule has 1 aromatic carbocycles. The lowest BCUT2D eigenvalue weighted by Crippen LogP contribution is -2.48. The number of Topliss-reactive ketones (excluding diaryl/α,β-unsaturated/α-hetero) is 1. The number of hydrogen-bond donors (Lipinski definition) is 0. The van der Waals surface area contributed by atoms with Crippen molar-refractivity contribution in [2.75, 3.05) is 20.3 Å². The van der Waals surface area contributed by atoms with Crippen LogP contribution in [0.15, 0.2) is 18.2 Å². The molecular weight excluding hydrogens is 218 g/mol. The average Bonchev–Trinajstić information content (AvgIpc) is 2.28. The van der Waals surface area contributed by atoms with Gasteiger partial charge in [0, 0.05) is 0 Å². The molecule has 4 nitrogen and oxygen atoms in total. The van der Waals surface area contributed by atoms with E-state index in [9.17, 15) is 4.79 Å². The normalized spacial score (nSPS) is 16.8. The van der Waals surface area contributed by atoms with Gasteiger partial charge < -0.3 is 9.47 Å². The molecule has 1 aliphatic heterocycles. The Morgan fingerprint density at radius 3 is 2.71 bits per heavy atom. The third-order valence-electron chi connectivity index (χ3n) is 2.95. The van der Waals surface area contributed by atoms with Gasteiger partial charge in [-0.3, -0.25) is 4.79 Å². The van der Waals surface area contributed by atoms with Crippen LogP contribution in [0.25, 0.3) is 0 Å². The first-order chi connectivity index (χ1) is 8.13. The minimum absolute atomic E-state index is 0.166. The summed E-state index contributed by atoms with van der Waals surface area (Å²) in [6.07, 6.45) is 0. The average molecular weight is 231 g/mol. The van der Waals surface area contributed by atoms with Crippen molar-refractivity contribution >= 4 is 5.78 Å². The van der Waals surface area contributed by atoms with Gasteiger partial charge >= 0.3 is 0 Å². The quantitative estimate of drug-likeness (QED) is 0.743. The van der Waals surface area contributed by atoms with E-state index in [2.05, 4.69) is 6.07 Å². The van der Waals surface area contributed by atoms with Crippen LogP contribution in [0.3, 0.4) is 0 Å². The second kappa shape index (κ2) is 4.19. The van der Waals surface area contributed by atoms with Crippen molar-refractivity contribution in [1.82, 2.24) is 0 Å². The Bertz CT molecular complexity index is 498. The highest BCUT2D eigenvalue weighted by molar-refractivity contribution is 6.05. The zero-order valence-electron chi connectivity index (χ0n) is 9.82. The van der Waals surface area contributed by atoms with E-state index in [1.54, 1.807) is 12.1 Å². The van der Waals surface area contributed by atoms with Gasteiger partial charge in [-0.15, -0.1) is 0 Å². The van der Waals surface area contributed by atoms with E-state index in [0.29, 0.717) is 11.3 Å². The lowest BCUT2D eigenvalue weighted by molar-refractivity contribution is -0.0567. The molecule has 0 saturated carbocycles. The van der Waals surface area contributed by atoms with Gasteiger partial charge in [-0.25, -0.2) is 0 Å². The molecule has 0 spiro atoms. The fraction of sp³-hybridized carbons (Fsp3) is 0.385. The molecule has 0 N–H and O–H groups in total. The van der Waals surface area contributed by atoms with E-state index in [1.807, 2.05) is 13.0 Å². The van der Waals surface area contributed by atoms with E-state index in [4.69, 9.17) is 14.7 Å². The Balaban J connectivity index is 2.43. The molecule has 0 amide bonds. The number of methoxy groups -OCH3 is 1. The molecule has 1 aliphatic rings. The molecule has 1 fully saturated rings. The van der Waals surface area contributed by atoms with E-state index in [1.165, 1.54) is 7.11 Å². The minimum Gasteiger partial charge on any atom is -0.496 e. The second-order valence-corrected chi connectivity index (χ2v) is 4.22. The van der Waals surface area contributed by atoms with E-state index >= 15 is 0 Å². The van der Waals surface area contributed by atoms with Crippen molar-refractivity contribution in [2.24, 2.45) is 5.41 Å². The van der Waals surface area contributed by atoms with Gasteiger partial charge in [-0.2, -0.15) is 5.26 Å². The lowest BCUT2D eigenvalue weighted by Gasteiger charge is -2.33. The van der Waals surface area contributed by atoms with Crippen LogP contribution in [0.1, 0.15) is 15.9 Å². The summed E-state index contributed by atoms with van der Waals surface area (Å²) in [7, 11) is 1.51. The van der Waals surface area contributed by atoms with Gasteiger partial charge in [0.1, 0.15) is 5.75 Å². The van der Waals surface area contributed by atoms with Gasteiger partial charge in [0.05, 0.1) is 32.0 Å². The number of hydrogen-bond acceptors (Lipinski definition) is 4. The summed E-state index contributed by atoms with van der Waals surface area (Å²) in [6, 6.07) is 7.41. The second-order valence-electron chi connectivity index (χ2n) is 4.22. The number of ketones is 1. The monoisotopic (exact) mass is 231 g/mol. The minimum atomic E-state index is -1.03. The lowest BCUT2D eigenvalue weighted by atomic mass is 9.79. The van der Waals surface area contributed by atoms with Crippen molar-refractivity contribution in [3.05, 3.63) is 29.3 Å². The molecule has 1 saturated heterocycles. The van der Waals surface area contributed by atoms with E-state index in [0.717, 1.165) is 5.56 Å². The Kier molecular flexibility index (Phi) is 2.86. The number of benzene rings is 1. The molecule has 0 atom stereocenters. The number of aryl methyl sites for hydroxylation is 1. The smallest absolute Gasteiger partial charge is 0.191 e. The topological polar surface area (TPSA) is 59.3 Å². The SMILES string of the molecule is COc1ccc(C)cc1C(=O)C1(C#N)COC1. The highest BCUT2D eigenvalue weighted by Crippen LogP contribution is 2.34. The first kappa shape index (κ1) is 11.6. The molecule has 0 unspecified atom stereocenters. The summed E-state index contributed by atoms with van der Waals surface area (Å²) in [5.41, 5.74) is 0.390. The van der Waals surface area contributed by atoms with Gasteiger partial charge in [0.25, 0.3) is 0 Å². The first-order valence-electron chi connectivity index (χ1n) is 5.31. The van der Waals surface area contributed by atoms with Gasteiger partial charge in [0.2, 0.25) is 0 Å². The number of carbonyl (C=O) groups excluding carboxylic acids is 1. The third kappa shape index (κ3) is 1.79. The van der Waals surface area contributed by atoms with Crippen molar-refractivity contribution in [3.8, 4) is 11.8 Å². The maximum absolute atomic E-state index is 12.3. The first-order valence-corrected chi connectivity index (χ1v) is 5.31. The molecule has 0 radical (unpaired) electrons. The van der Waals surface area contributed by atoms with Gasteiger partial charge in [-0.1, -0.05) is 11.6 Å². The zero-order chi connectivity index (χ0) is 12.5. The highest BCUT2D eigenvalue weighted by atomic mass is 16.5. The number of nitrogens with zero attached hydrogens (tertiary/aromatic N) is 1. The summed E-state index contributed by atoms with van der Waals surface area (Å²) in [6.45, 7) is 2.23. The summed E-state index contributed by atoms with van der Waals surface area (Å²) >= 11 is 0. The van der Waals surface area contributed by atoms with Crippen molar-refractivity contribution in [2.45, 2.75) is 6.92 Å². The third-order valence-corrected chi connectivity index (χ3v) is 2.95. The zero-order valence-corrected chi connectivity index (χ0v) is 9.82. The van der Waals surface area contributed by atoms with Crippen LogP contribution in [-0.4, -0.2) is 26.1 Å². The Labute approximate surface area is 99.8 Å². The predicted octanol–water partition coefficient (Wildman–Crippen LogP) is 1.73. The fourth-order valence-electron chi connectivity index (χ4n) is 1.81. The van der Waals surface area contributed by atoms with Gasteiger partial charge in [0.15, 0.2) is 11.2 Å². The maximum atomic E-state index is 12.3. The number of ether oxygens (including phenoxy) is 2. The van der Waals surface area contributed by atoms with Crippen LogP contribution in [0.4, 0.5) is 0 Å². The molecule has 88 valence electrons. The van der Waals surface area contributed by atoms with E-state index in [-0.39, 0.29) is 19.0 Å². The molecule has 0 aliphatic carbocycles. The summed E-state index contributed by atoms with van der Waals surface area (Å²) in [4.78, 5) is 12.3. The van der Waals surface area contributed by atoms with Crippen LogP contribution in [-0.2, 0) is 4.74 Å². The van der Waals surface area contributed by atoms with Crippen molar-refractivity contribution in [3.63, 3.8) is 0 Å². The fourth-order valence-corrected chi connectivity index (χ4v) is 1.81. The maximum Gasteiger partial charge on any atom is 0.191 e. The van der Waals surface area contributed by atoms with Crippen LogP contribution in [0, 0.1) is 23.7 Å². The number of rotatable bonds is 3. The molecule has 1 heterocycles. The highest BCUT2D eigenvalue weighted by Gasteiger charge is 2.47.